The van der Waals surface area contributed by atoms with Crippen molar-refractivity contribution >= 4 is 17.8 Å². The van der Waals surface area contributed by atoms with Crippen LogP contribution in [0.1, 0.15) is 62.6 Å². The maximum Gasteiger partial charge on any atom is 0.312 e. The van der Waals surface area contributed by atoms with Crippen LogP contribution in [0.3, 0.4) is 0 Å². The highest BCUT2D eigenvalue weighted by Crippen LogP contribution is 2.62. The summed E-state index contributed by atoms with van der Waals surface area (Å²) in [6.07, 6.45) is 5.87. The van der Waals surface area contributed by atoms with E-state index in [1.165, 1.54) is 0 Å². The minimum atomic E-state index is -0.588. The molecular weight excluding hydrogens is 440 g/mol. The van der Waals surface area contributed by atoms with E-state index in [1.54, 1.807) is 6.92 Å². The van der Waals surface area contributed by atoms with Crippen molar-refractivity contribution in [2.75, 3.05) is 6.61 Å². The molecule has 4 fully saturated rings. The minimum Gasteiger partial charge on any atom is -0.455 e. The average Bonchev–Trinajstić information content (AvgIpc) is 2.81. The van der Waals surface area contributed by atoms with Crippen molar-refractivity contribution in [2.45, 2.75) is 63.5 Å². The average molecular weight is 475 g/mol. The summed E-state index contributed by atoms with van der Waals surface area (Å²) in [5.41, 5.74) is 1.24. The van der Waals surface area contributed by atoms with E-state index in [0.717, 1.165) is 43.2 Å². The Hall–Kier alpha value is -3.15. The Kier molecular flexibility index (Phi) is 6.39. The first kappa shape index (κ1) is 23.6. The molecule has 0 aliphatic heterocycles. The van der Waals surface area contributed by atoms with E-state index in [0.29, 0.717) is 24.7 Å². The van der Waals surface area contributed by atoms with Crippen molar-refractivity contribution in [1.82, 2.24) is 10.6 Å². The molecule has 0 spiro atoms. The van der Waals surface area contributed by atoms with Gasteiger partial charge in [0, 0.05) is 12.5 Å². The molecule has 6 rings (SSSR count). The molecule has 6 nitrogen and oxygen atoms in total. The van der Waals surface area contributed by atoms with E-state index in [9.17, 15) is 14.4 Å². The molecule has 4 aliphatic carbocycles. The quantitative estimate of drug-likeness (QED) is 0.564. The Balaban J connectivity index is 1.24. The Morgan fingerprint density at radius 2 is 1.57 bits per heavy atom. The van der Waals surface area contributed by atoms with Gasteiger partial charge in [0.1, 0.15) is 0 Å². The van der Waals surface area contributed by atoms with E-state index >= 15 is 0 Å². The SMILES string of the molecule is CC(=O)NC12CC3CC(C1)CC(C(=O)OCC(=O)NC(Cc1ccccc1)c1ccccc1)(C3)C2. The zero-order valence-electron chi connectivity index (χ0n) is 20.3. The van der Waals surface area contributed by atoms with Gasteiger partial charge in [0.15, 0.2) is 6.61 Å². The number of benzene rings is 2. The Bertz CT molecular complexity index is 1070. The molecule has 2 aromatic carbocycles. The van der Waals surface area contributed by atoms with E-state index in [4.69, 9.17) is 4.74 Å². The molecule has 35 heavy (non-hydrogen) atoms. The van der Waals surface area contributed by atoms with Crippen LogP contribution in [0.15, 0.2) is 60.7 Å². The predicted octanol–water partition coefficient (Wildman–Crippen LogP) is 4.10. The molecule has 0 heterocycles. The highest BCUT2D eigenvalue weighted by Gasteiger charge is 2.61. The number of carbonyl (C=O) groups is 3. The van der Waals surface area contributed by atoms with Crippen LogP contribution in [0, 0.1) is 17.3 Å². The molecule has 2 N–H and O–H groups in total. The molecule has 4 bridgehead atoms. The van der Waals surface area contributed by atoms with Gasteiger partial charge in [0.2, 0.25) is 5.91 Å². The fourth-order valence-electron chi connectivity index (χ4n) is 7.33. The normalized spacial score (nSPS) is 29.3. The van der Waals surface area contributed by atoms with Crippen LogP contribution in [0.5, 0.6) is 0 Å². The topological polar surface area (TPSA) is 84.5 Å². The van der Waals surface area contributed by atoms with Crippen molar-refractivity contribution in [3.8, 4) is 0 Å². The summed E-state index contributed by atoms with van der Waals surface area (Å²) in [4.78, 5) is 38.2. The predicted molar refractivity (Wildman–Crippen MR) is 132 cm³/mol. The monoisotopic (exact) mass is 474 g/mol. The molecule has 4 aliphatic rings. The molecule has 4 saturated carbocycles. The smallest absolute Gasteiger partial charge is 0.312 e. The summed E-state index contributed by atoms with van der Waals surface area (Å²) in [6, 6.07) is 19.7. The third-order valence-electron chi connectivity index (χ3n) is 8.09. The van der Waals surface area contributed by atoms with Crippen LogP contribution in [0.2, 0.25) is 0 Å². The summed E-state index contributed by atoms with van der Waals surface area (Å²) in [5.74, 6) is 0.232. The van der Waals surface area contributed by atoms with Gasteiger partial charge in [-0.1, -0.05) is 60.7 Å². The number of nitrogens with one attached hydrogen (secondary N) is 2. The molecular formula is C29H34N2O4. The van der Waals surface area contributed by atoms with E-state index in [1.807, 2.05) is 60.7 Å². The molecule has 184 valence electrons. The van der Waals surface area contributed by atoms with Gasteiger partial charge in [-0.3, -0.25) is 14.4 Å². The molecule has 0 radical (unpaired) electrons. The number of hydrogen-bond donors (Lipinski definition) is 2. The number of carbonyl (C=O) groups excluding carboxylic acids is 3. The lowest BCUT2D eigenvalue weighted by atomic mass is 9.47. The van der Waals surface area contributed by atoms with Crippen LogP contribution < -0.4 is 10.6 Å². The largest absolute Gasteiger partial charge is 0.455 e. The fraction of sp³-hybridized carbons (Fsp3) is 0.483. The maximum atomic E-state index is 13.4. The van der Waals surface area contributed by atoms with E-state index in [-0.39, 0.29) is 36.0 Å². The van der Waals surface area contributed by atoms with E-state index in [2.05, 4.69) is 10.6 Å². The van der Waals surface area contributed by atoms with Crippen molar-refractivity contribution in [2.24, 2.45) is 17.3 Å². The second-order valence-electron chi connectivity index (χ2n) is 11.0. The van der Waals surface area contributed by atoms with Gasteiger partial charge in [-0.05, 0) is 67.9 Å². The van der Waals surface area contributed by atoms with Gasteiger partial charge in [0.05, 0.1) is 11.5 Å². The van der Waals surface area contributed by atoms with Crippen LogP contribution in [0.4, 0.5) is 0 Å². The van der Waals surface area contributed by atoms with Crippen molar-refractivity contribution in [3.63, 3.8) is 0 Å². The van der Waals surface area contributed by atoms with E-state index < -0.39 is 5.41 Å². The van der Waals surface area contributed by atoms with Gasteiger partial charge >= 0.3 is 5.97 Å². The number of hydrogen-bond acceptors (Lipinski definition) is 4. The molecule has 3 unspecified atom stereocenters. The molecule has 3 atom stereocenters. The van der Waals surface area contributed by atoms with Gasteiger partial charge in [0.25, 0.3) is 5.91 Å². The number of ether oxygens (including phenoxy) is 1. The summed E-state index contributed by atoms with van der Waals surface area (Å²) in [5, 5.41) is 6.24. The number of amides is 2. The van der Waals surface area contributed by atoms with Gasteiger partial charge in [-0.2, -0.15) is 0 Å². The maximum absolute atomic E-state index is 13.4. The third-order valence-corrected chi connectivity index (χ3v) is 8.09. The number of esters is 1. The lowest BCUT2D eigenvalue weighted by molar-refractivity contribution is -0.177. The first-order chi connectivity index (χ1) is 16.8. The zero-order chi connectivity index (χ0) is 24.5. The van der Waals surface area contributed by atoms with Gasteiger partial charge in [-0.25, -0.2) is 0 Å². The van der Waals surface area contributed by atoms with Crippen LogP contribution in [-0.2, 0) is 25.5 Å². The minimum absolute atomic E-state index is 0.0415. The van der Waals surface area contributed by atoms with Crippen molar-refractivity contribution in [1.29, 1.82) is 0 Å². The Morgan fingerprint density at radius 3 is 2.20 bits per heavy atom. The lowest BCUT2D eigenvalue weighted by Crippen LogP contribution is -2.64. The first-order valence-electron chi connectivity index (χ1n) is 12.7. The second-order valence-corrected chi connectivity index (χ2v) is 11.0. The summed E-state index contributed by atoms with van der Waals surface area (Å²) in [6.45, 7) is 1.26. The molecule has 6 heteroatoms. The standard InChI is InChI=1S/C29H34N2O4/c1-20(32)31-29-16-22-12-23(17-29)15-28(14-22,19-29)27(34)35-18-26(33)30-25(24-10-6-3-7-11-24)13-21-8-4-2-5-9-21/h2-11,22-23,25H,12-19H2,1H3,(H,30,33)(H,31,32). The van der Waals surface area contributed by atoms with Crippen molar-refractivity contribution < 1.29 is 19.1 Å². The molecule has 2 amide bonds. The lowest BCUT2D eigenvalue weighted by Gasteiger charge is -2.60. The molecule has 0 saturated heterocycles. The van der Waals surface area contributed by atoms with Crippen molar-refractivity contribution in [3.05, 3.63) is 71.8 Å². The fourth-order valence-corrected chi connectivity index (χ4v) is 7.33. The van der Waals surface area contributed by atoms with Gasteiger partial charge in [-0.15, -0.1) is 0 Å². The number of rotatable bonds is 8. The Morgan fingerprint density at radius 1 is 0.943 bits per heavy atom. The van der Waals surface area contributed by atoms with Crippen LogP contribution >= 0.6 is 0 Å². The highest BCUT2D eigenvalue weighted by molar-refractivity contribution is 5.84. The molecule has 0 aromatic heterocycles. The molecule has 2 aromatic rings. The van der Waals surface area contributed by atoms with Crippen LogP contribution in [0.25, 0.3) is 0 Å². The first-order valence-corrected chi connectivity index (χ1v) is 12.7. The zero-order valence-corrected chi connectivity index (χ0v) is 20.3. The van der Waals surface area contributed by atoms with Gasteiger partial charge < -0.3 is 15.4 Å². The van der Waals surface area contributed by atoms with Crippen LogP contribution in [-0.4, -0.2) is 29.9 Å². The highest BCUT2D eigenvalue weighted by atomic mass is 16.5. The second kappa shape index (κ2) is 9.48. The summed E-state index contributed by atoms with van der Waals surface area (Å²) < 4.78 is 5.66. The summed E-state index contributed by atoms with van der Waals surface area (Å²) >= 11 is 0. The Labute approximate surface area is 206 Å². The third kappa shape index (κ3) is 5.12. The summed E-state index contributed by atoms with van der Waals surface area (Å²) in [7, 11) is 0.